The molecule has 6 N–H and O–H groups in total. The van der Waals surface area contributed by atoms with Crippen LogP contribution in [0.3, 0.4) is 0 Å². The quantitative estimate of drug-likeness (QED) is 0.0517. The third kappa shape index (κ3) is 11.6. The van der Waals surface area contributed by atoms with E-state index in [2.05, 4.69) is 70.3 Å². The summed E-state index contributed by atoms with van der Waals surface area (Å²) in [5.74, 6) is -0.132. The van der Waals surface area contributed by atoms with Gasteiger partial charge in [-0.25, -0.2) is 9.97 Å². The summed E-state index contributed by atoms with van der Waals surface area (Å²) in [5.41, 5.74) is 5.93. The minimum atomic E-state index is -0.941. The van der Waals surface area contributed by atoms with Crippen LogP contribution in [0, 0.1) is 34.5 Å². The van der Waals surface area contributed by atoms with Gasteiger partial charge in [0.15, 0.2) is 0 Å². The molecule has 1 aliphatic heterocycles. The van der Waals surface area contributed by atoms with Gasteiger partial charge in [0, 0.05) is 72.9 Å². The highest BCUT2D eigenvalue weighted by Gasteiger charge is 2.64. The summed E-state index contributed by atoms with van der Waals surface area (Å²) in [4.78, 5) is 65.5. The molecule has 2 aromatic heterocycles. The predicted octanol–water partition coefficient (Wildman–Crippen LogP) is 7.13. The maximum Gasteiger partial charge on any atom is 0.251 e. The molecule has 15 nitrogen and oxygen atoms in total. The largest absolute Gasteiger partial charge is 0.489 e. The first kappa shape index (κ1) is 51.5. The predicted molar refractivity (Wildman–Crippen MR) is 272 cm³/mol. The highest BCUT2D eigenvalue weighted by atomic mass is 35.5. The van der Waals surface area contributed by atoms with Gasteiger partial charge in [0.25, 0.3) is 5.91 Å². The number of hydrogen-bond donors (Lipinski definition) is 6. The summed E-state index contributed by atoms with van der Waals surface area (Å²) in [6.45, 7) is 16.9. The van der Waals surface area contributed by atoms with E-state index in [1.54, 1.807) is 47.9 Å². The lowest BCUT2D eigenvalue weighted by atomic mass is 9.49. The summed E-state index contributed by atoms with van der Waals surface area (Å²) < 4.78 is 6.37. The molecule has 2 aliphatic rings. The molecule has 3 heterocycles. The van der Waals surface area contributed by atoms with Gasteiger partial charge in [0.1, 0.15) is 35.8 Å². The van der Waals surface area contributed by atoms with Crippen molar-refractivity contribution >= 4 is 52.4 Å². The monoisotopic (exact) mass is 987 g/mol. The van der Waals surface area contributed by atoms with Crippen molar-refractivity contribution in [2.75, 3.05) is 31.5 Å². The Labute approximate surface area is 418 Å². The number of aliphatic hydroxyl groups is 1. The number of rotatable bonds is 17. The SMILES string of the molecule is Cc1ncsc1-c1ccc(CNC(=O)[C@@H]2C[C@@H](O)CN2C(=O)C(NC(=O)CNCCNc2ccc(-c3ccc(C(=O)NC4C(C)(C)C(Oc5ccc(C#N)c(Cl)c5)C4(C)C)cc3)cn2)C(C)(C)C)cc1. The second-order valence-electron chi connectivity index (χ2n) is 20.4. The number of likely N-dealkylation sites (tertiary alicyclic amines) is 1. The molecule has 1 saturated carbocycles. The Morgan fingerprint density at radius 2 is 1.63 bits per heavy atom. The highest BCUT2D eigenvalue weighted by molar-refractivity contribution is 7.13. The Bertz CT molecular complexity index is 2720. The van der Waals surface area contributed by atoms with Crippen LogP contribution in [-0.4, -0.2) is 100 Å². The molecule has 0 radical (unpaired) electrons. The number of carbonyl (C=O) groups excluding carboxylic acids is 4. The minimum Gasteiger partial charge on any atom is -0.489 e. The molecule has 5 aromatic rings. The van der Waals surface area contributed by atoms with Crippen LogP contribution in [0.2, 0.25) is 5.02 Å². The number of anilines is 1. The number of aromatic nitrogens is 2. The molecule has 0 spiro atoms. The fourth-order valence-corrected chi connectivity index (χ4v) is 10.8. The van der Waals surface area contributed by atoms with Crippen LogP contribution in [0.5, 0.6) is 5.75 Å². The molecule has 70 heavy (non-hydrogen) atoms. The van der Waals surface area contributed by atoms with E-state index in [0.29, 0.717) is 40.8 Å². The van der Waals surface area contributed by atoms with Gasteiger partial charge in [0.2, 0.25) is 17.7 Å². The van der Waals surface area contributed by atoms with Gasteiger partial charge in [-0.2, -0.15) is 5.26 Å². The molecule has 3 aromatic carbocycles. The Kier molecular flexibility index (Phi) is 15.7. The first-order chi connectivity index (χ1) is 33.2. The molecule has 7 rings (SSSR count). The van der Waals surface area contributed by atoms with Crippen LogP contribution in [0.1, 0.15) is 82.1 Å². The second-order valence-corrected chi connectivity index (χ2v) is 21.6. The number of ether oxygens (including phenoxy) is 1. The zero-order valence-electron chi connectivity index (χ0n) is 40.9. The van der Waals surface area contributed by atoms with E-state index in [1.807, 2.05) is 81.7 Å². The van der Waals surface area contributed by atoms with E-state index < -0.39 is 40.3 Å². The highest BCUT2D eigenvalue weighted by Crippen LogP contribution is 2.55. The number of β-amino-alcohol motifs (C(OH)–C–C–N with tert-alkyl or cyclic N) is 1. The fourth-order valence-electron chi connectivity index (χ4n) is 9.77. The molecule has 17 heteroatoms. The maximum absolute atomic E-state index is 14.0. The van der Waals surface area contributed by atoms with Crippen molar-refractivity contribution in [1.82, 2.24) is 36.1 Å². The minimum absolute atomic E-state index is 0.0105. The van der Waals surface area contributed by atoms with Gasteiger partial charge in [-0.05, 0) is 65.4 Å². The summed E-state index contributed by atoms with van der Waals surface area (Å²) in [7, 11) is 0. The van der Waals surface area contributed by atoms with E-state index in [1.165, 1.54) is 4.90 Å². The normalized spacial score (nSPS) is 19.5. The molecule has 4 amide bonds. The number of nitrogens with one attached hydrogen (secondary N) is 5. The summed E-state index contributed by atoms with van der Waals surface area (Å²) in [5, 5.41) is 35.6. The van der Waals surface area contributed by atoms with Crippen LogP contribution in [0.25, 0.3) is 21.6 Å². The van der Waals surface area contributed by atoms with Gasteiger partial charge in [-0.1, -0.05) is 96.5 Å². The third-order valence-corrected chi connectivity index (χ3v) is 14.6. The van der Waals surface area contributed by atoms with Crippen molar-refractivity contribution in [3.63, 3.8) is 0 Å². The molecule has 2 fully saturated rings. The Balaban J connectivity index is 0.839. The van der Waals surface area contributed by atoms with Gasteiger partial charge in [-0.15, -0.1) is 11.3 Å². The first-order valence-corrected chi connectivity index (χ1v) is 24.7. The summed E-state index contributed by atoms with van der Waals surface area (Å²) >= 11 is 7.82. The lowest BCUT2D eigenvalue weighted by molar-refractivity contribution is -0.164. The number of hydrogen-bond acceptors (Lipinski definition) is 12. The zero-order valence-corrected chi connectivity index (χ0v) is 42.4. The van der Waals surface area contributed by atoms with Crippen LogP contribution < -0.4 is 31.3 Å². The number of pyridine rings is 1. The number of halogens is 1. The van der Waals surface area contributed by atoms with E-state index in [9.17, 15) is 29.5 Å². The lowest BCUT2D eigenvalue weighted by Crippen LogP contribution is -2.74. The Hall–Kier alpha value is -6.38. The fraction of sp³-hybridized carbons (Fsp3) is 0.415. The van der Waals surface area contributed by atoms with E-state index >= 15 is 0 Å². The number of amides is 4. The van der Waals surface area contributed by atoms with Gasteiger partial charge < -0.3 is 41.3 Å². The second kappa shape index (κ2) is 21.3. The number of nitriles is 1. The topological polar surface area (TPSA) is 211 Å². The van der Waals surface area contributed by atoms with E-state index in [0.717, 1.165) is 32.8 Å². The number of aryl methyl sites for hydroxylation is 1. The smallest absolute Gasteiger partial charge is 0.251 e. The maximum atomic E-state index is 14.0. The van der Waals surface area contributed by atoms with E-state index in [-0.39, 0.29) is 55.9 Å². The number of carbonyl (C=O) groups is 4. The molecule has 1 aliphatic carbocycles. The number of nitrogens with zero attached hydrogens (tertiary/aromatic N) is 4. The van der Waals surface area contributed by atoms with Gasteiger partial charge in [0.05, 0.1) is 39.3 Å². The van der Waals surface area contributed by atoms with Crippen LogP contribution in [0.4, 0.5) is 5.82 Å². The van der Waals surface area contributed by atoms with Crippen molar-refractivity contribution in [3.8, 4) is 33.4 Å². The standard InChI is InChI=1S/C53H62ClN9O6S/c1-31-44(70-30-60-31)34-11-9-32(10-12-34)26-59-47(67)41-23-38(64)29-63(41)48(68)45(51(2,3)4)61-43(65)28-56-21-22-57-42-20-18-37(27-58-42)33-13-15-35(16-14-33)46(66)62-49-52(5,6)50(53(49,7)8)69-39-19-17-36(25-55)40(54)24-39/h9-20,24,27,30,38,41,45,49-50,56,64H,21-23,26,28-29H2,1-8H3,(H,57,58)(H,59,67)(H,61,65)(H,62,66)/t38-,41+,45?,49?,50?/m1/s1. The summed E-state index contributed by atoms with van der Waals surface area (Å²) in [6, 6.07) is 24.1. The van der Waals surface area contributed by atoms with Crippen molar-refractivity contribution in [1.29, 1.82) is 5.26 Å². The van der Waals surface area contributed by atoms with Crippen LogP contribution in [0.15, 0.2) is 90.6 Å². The average Bonchev–Trinajstić information content (AvgIpc) is 3.95. The van der Waals surface area contributed by atoms with Crippen molar-refractivity contribution in [2.24, 2.45) is 16.2 Å². The molecule has 1 saturated heterocycles. The zero-order chi connectivity index (χ0) is 50.5. The molecular weight excluding hydrogens is 926 g/mol. The first-order valence-electron chi connectivity index (χ1n) is 23.4. The van der Waals surface area contributed by atoms with Crippen molar-refractivity contribution < 1.29 is 29.0 Å². The number of thiazole rings is 1. The van der Waals surface area contributed by atoms with Crippen LogP contribution in [-0.2, 0) is 20.9 Å². The molecule has 368 valence electrons. The Morgan fingerprint density at radius 3 is 2.24 bits per heavy atom. The van der Waals surface area contributed by atoms with Gasteiger partial charge >= 0.3 is 0 Å². The van der Waals surface area contributed by atoms with Crippen LogP contribution >= 0.6 is 22.9 Å². The Morgan fingerprint density at radius 1 is 0.943 bits per heavy atom. The lowest BCUT2D eigenvalue weighted by Gasteiger charge is -2.63. The average molecular weight is 989 g/mol. The molecular formula is C53H62ClN9O6S. The van der Waals surface area contributed by atoms with E-state index in [4.69, 9.17) is 16.3 Å². The van der Waals surface area contributed by atoms with Crippen molar-refractivity contribution in [3.05, 3.63) is 118 Å². The third-order valence-electron chi connectivity index (χ3n) is 13.3. The number of benzene rings is 3. The molecule has 3 atom stereocenters. The summed E-state index contributed by atoms with van der Waals surface area (Å²) in [6.07, 6.45) is 0.764. The van der Waals surface area contributed by atoms with Crippen molar-refractivity contribution in [2.45, 2.75) is 98.7 Å². The number of aliphatic hydroxyl groups excluding tert-OH is 1. The molecule has 0 bridgehead atoms. The molecule has 1 unspecified atom stereocenters. The van der Waals surface area contributed by atoms with Gasteiger partial charge in [-0.3, -0.25) is 19.2 Å².